The van der Waals surface area contributed by atoms with Gasteiger partial charge in [-0.05, 0) is 30.2 Å². The summed E-state index contributed by atoms with van der Waals surface area (Å²) in [5.74, 6) is -0.277. The van der Waals surface area contributed by atoms with E-state index < -0.39 is 0 Å². The summed E-state index contributed by atoms with van der Waals surface area (Å²) in [5.41, 5.74) is 1.48. The van der Waals surface area contributed by atoms with Crippen molar-refractivity contribution in [3.05, 3.63) is 59.8 Å². The normalized spacial score (nSPS) is 14.7. The Kier molecular flexibility index (Phi) is 4.93. The van der Waals surface area contributed by atoms with Crippen LogP contribution in [0.15, 0.2) is 47.3 Å². The molecule has 1 aromatic carbocycles. The van der Waals surface area contributed by atoms with Gasteiger partial charge >= 0.3 is 0 Å². The number of carbonyl (C=O) groups is 2. The molecule has 0 radical (unpaired) electrons. The number of aryl methyl sites for hydroxylation is 1. The Morgan fingerprint density at radius 1 is 1.00 bits per heavy atom. The molecule has 2 amide bonds. The average molecular weight is 330 g/mol. The molecular formula is C18H19FN2O3. The molecule has 1 saturated heterocycles. The molecule has 0 bridgehead atoms. The van der Waals surface area contributed by atoms with Gasteiger partial charge in [-0.1, -0.05) is 12.1 Å². The van der Waals surface area contributed by atoms with Gasteiger partial charge in [0.05, 0.1) is 11.8 Å². The van der Waals surface area contributed by atoms with Gasteiger partial charge in [-0.3, -0.25) is 9.59 Å². The van der Waals surface area contributed by atoms with Gasteiger partial charge in [-0.25, -0.2) is 4.39 Å². The first-order chi connectivity index (χ1) is 11.6. The molecule has 126 valence electrons. The van der Waals surface area contributed by atoms with Crippen molar-refractivity contribution in [2.24, 2.45) is 0 Å². The highest BCUT2D eigenvalue weighted by Crippen LogP contribution is 2.12. The van der Waals surface area contributed by atoms with E-state index >= 15 is 0 Å². The van der Waals surface area contributed by atoms with Crippen molar-refractivity contribution in [1.82, 2.24) is 9.80 Å². The summed E-state index contributed by atoms with van der Waals surface area (Å²) in [6, 6.07) is 7.84. The minimum absolute atomic E-state index is 0.0646. The van der Waals surface area contributed by atoms with Crippen LogP contribution in [-0.4, -0.2) is 47.8 Å². The molecule has 0 spiro atoms. The van der Waals surface area contributed by atoms with Crippen LogP contribution in [0.4, 0.5) is 4.39 Å². The van der Waals surface area contributed by atoms with E-state index in [9.17, 15) is 14.0 Å². The molecule has 0 unspecified atom stereocenters. The van der Waals surface area contributed by atoms with Crippen molar-refractivity contribution in [2.75, 3.05) is 26.2 Å². The maximum Gasteiger partial charge on any atom is 0.257 e. The monoisotopic (exact) mass is 330 g/mol. The summed E-state index contributed by atoms with van der Waals surface area (Å²) in [5, 5.41) is 0. The summed E-state index contributed by atoms with van der Waals surface area (Å²) in [4.78, 5) is 28.0. The molecule has 2 aromatic rings. The third-order valence-electron chi connectivity index (χ3n) is 4.23. The van der Waals surface area contributed by atoms with Gasteiger partial charge in [-0.15, -0.1) is 0 Å². The summed E-state index contributed by atoms with van der Waals surface area (Å²) < 4.78 is 17.8. The van der Waals surface area contributed by atoms with Crippen molar-refractivity contribution in [1.29, 1.82) is 0 Å². The average Bonchev–Trinajstić information content (AvgIpc) is 3.15. The van der Waals surface area contributed by atoms with Crippen molar-refractivity contribution < 1.29 is 18.4 Å². The van der Waals surface area contributed by atoms with Crippen LogP contribution in [0.3, 0.4) is 0 Å². The lowest BCUT2D eigenvalue weighted by Gasteiger charge is -2.34. The summed E-state index contributed by atoms with van der Waals surface area (Å²) in [7, 11) is 0. The van der Waals surface area contributed by atoms with Crippen LogP contribution in [0, 0.1) is 5.82 Å². The zero-order valence-electron chi connectivity index (χ0n) is 13.3. The van der Waals surface area contributed by atoms with E-state index in [2.05, 4.69) is 0 Å². The number of hydrogen-bond acceptors (Lipinski definition) is 3. The van der Waals surface area contributed by atoms with Crippen molar-refractivity contribution in [2.45, 2.75) is 12.8 Å². The third kappa shape index (κ3) is 3.82. The second kappa shape index (κ2) is 7.29. The largest absolute Gasteiger partial charge is 0.472 e. The fourth-order valence-corrected chi connectivity index (χ4v) is 2.79. The quantitative estimate of drug-likeness (QED) is 0.865. The van der Waals surface area contributed by atoms with Crippen molar-refractivity contribution in [3.8, 4) is 0 Å². The number of rotatable bonds is 4. The fourth-order valence-electron chi connectivity index (χ4n) is 2.79. The first-order valence-electron chi connectivity index (χ1n) is 7.97. The van der Waals surface area contributed by atoms with Crippen LogP contribution >= 0.6 is 0 Å². The fraction of sp³-hybridized carbons (Fsp3) is 0.333. The van der Waals surface area contributed by atoms with Crippen LogP contribution in [0.1, 0.15) is 22.3 Å². The zero-order valence-corrected chi connectivity index (χ0v) is 13.3. The van der Waals surface area contributed by atoms with Crippen LogP contribution in [0.5, 0.6) is 0 Å². The molecular weight excluding hydrogens is 311 g/mol. The van der Waals surface area contributed by atoms with E-state index in [1.54, 1.807) is 28.0 Å². The Morgan fingerprint density at radius 2 is 1.67 bits per heavy atom. The number of carbonyl (C=O) groups excluding carboxylic acids is 2. The second-order valence-electron chi connectivity index (χ2n) is 5.81. The zero-order chi connectivity index (χ0) is 16.9. The molecule has 1 fully saturated rings. The van der Waals surface area contributed by atoms with E-state index in [1.165, 1.54) is 24.7 Å². The van der Waals surface area contributed by atoms with Crippen LogP contribution < -0.4 is 0 Å². The molecule has 1 aromatic heterocycles. The molecule has 3 rings (SSSR count). The standard InChI is InChI=1S/C18H19FN2O3/c19-16-4-1-14(2-5-16)3-6-17(22)20-8-10-21(11-9-20)18(23)15-7-12-24-13-15/h1-2,4-5,7,12-13H,3,6,8-11H2. The van der Waals surface area contributed by atoms with E-state index in [4.69, 9.17) is 4.42 Å². The molecule has 1 aliphatic rings. The Labute approximate surface area is 139 Å². The van der Waals surface area contributed by atoms with Crippen molar-refractivity contribution >= 4 is 11.8 Å². The van der Waals surface area contributed by atoms with E-state index in [0.29, 0.717) is 44.6 Å². The molecule has 0 atom stereocenters. The second-order valence-corrected chi connectivity index (χ2v) is 5.81. The van der Waals surface area contributed by atoms with E-state index in [-0.39, 0.29) is 17.6 Å². The van der Waals surface area contributed by atoms with Gasteiger partial charge in [-0.2, -0.15) is 0 Å². The molecule has 0 aliphatic carbocycles. The number of halogens is 1. The maximum absolute atomic E-state index is 12.9. The smallest absolute Gasteiger partial charge is 0.257 e. The molecule has 5 nitrogen and oxygen atoms in total. The van der Waals surface area contributed by atoms with Gasteiger partial charge in [0.15, 0.2) is 0 Å². The summed E-state index contributed by atoms with van der Waals surface area (Å²) >= 11 is 0. The Balaban J connectivity index is 1.46. The highest BCUT2D eigenvalue weighted by Gasteiger charge is 2.25. The van der Waals surface area contributed by atoms with Gasteiger partial charge < -0.3 is 14.2 Å². The number of benzene rings is 1. The highest BCUT2D eigenvalue weighted by molar-refractivity contribution is 5.94. The number of furan rings is 1. The minimum Gasteiger partial charge on any atom is -0.472 e. The van der Waals surface area contributed by atoms with Crippen LogP contribution in [-0.2, 0) is 11.2 Å². The lowest BCUT2D eigenvalue weighted by Crippen LogP contribution is -2.50. The lowest BCUT2D eigenvalue weighted by atomic mass is 10.1. The summed E-state index contributed by atoms with van der Waals surface area (Å²) in [6.45, 7) is 2.11. The Hall–Kier alpha value is -2.63. The third-order valence-corrected chi connectivity index (χ3v) is 4.23. The molecule has 0 saturated carbocycles. The molecule has 2 heterocycles. The summed E-state index contributed by atoms with van der Waals surface area (Å²) in [6.07, 6.45) is 3.89. The van der Waals surface area contributed by atoms with Gasteiger partial charge in [0.25, 0.3) is 5.91 Å². The first-order valence-corrected chi connectivity index (χ1v) is 7.97. The Morgan fingerprint density at radius 3 is 2.29 bits per heavy atom. The molecule has 0 N–H and O–H groups in total. The highest BCUT2D eigenvalue weighted by atomic mass is 19.1. The van der Waals surface area contributed by atoms with Gasteiger partial charge in [0.2, 0.25) is 5.91 Å². The number of amides is 2. The SMILES string of the molecule is O=C(CCc1ccc(F)cc1)N1CCN(C(=O)c2ccoc2)CC1. The van der Waals surface area contributed by atoms with Crippen LogP contribution in [0.25, 0.3) is 0 Å². The van der Waals surface area contributed by atoms with E-state index in [1.807, 2.05) is 0 Å². The van der Waals surface area contributed by atoms with Gasteiger partial charge in [0, 0.05) is 32.6 Å². The molecule has 1 aliphatic heterocycles. The minimum atomic E-state index is -0.275. The first kappa shape index (κ1) is 16.2. The Bertz CT molecular complexity index is 690. The topological polar surface area (TPSA) is 53.8 Å². The lowest BCUT2D eigenvalue weighted by molar-refractivity contribution is -0.132. The number of piperazine rings is 1. The van der Waals surface area contributed by atoms with E-state index in [0.717, 1.165) is 5.56 Å². The predicted octanol–water partition coefficient (Wildman–Crippen LogP) is 2.34. The maximum atomic E-state index is 12.9. The molecule has 24 heavy (non-hydrogen) atoms. The molecule has 6 heteroatoms. The number of hydrogen-bond donors (Lipinski definition) is 0. The predicted molar refractivity (Wildman–Crippen MR) is 85.9 cm³/mol. The van der Waals surface area contributed by atoms with Gasteiger partial charge in [0.1, 0.15) is 12.1 Å². The van der Waals surface area contributed by atoms with Crippen LogP contribution in [0.2, 0.25) is 0 Å². The van der Waals surface area contributed by atoms with Crippen molar-refractivity contribution in [3.63, 3.8) is 0 Å². The number of nitrogens with zero attached hydrogens (tertiary/aromatic N) is 2.